The molecule has 0 saturated carbocycles. The van der Waals surface area contributed by atoms with Crippen LogP contribution >= 0.6 is 0 Å². The predicted octanol–water partition coefficient (Wildman–Crippen LogP) is 3.36. The van der Waals surface area contributed by atoms with E-state index in [9.17, 15) is 9.18 Å². The maximum atomic E-state index is 13.3. The van der Waals surface area contributed by atoms with Crippen LogP contribution in [0, 0.1) is 5.82 Å². The maximum Gasteiger partial charge on any atom is 0.165 e. The number of hydrogen-bond donors (Lipinski definition) is 0. The highest BCUT2D eigenvalue weighted by molar-refractivity contribution is 5.96. The van der Waals surface area contributed by atoms with E-state index in [0.29, 0.717) is 12.5 Å². The van der Waals surface area contributed by atoms with Crippen LogP contribution in [0.25, 0.3) is 0 Å². The standard InChI is InChI=1S/C14H17FO2/c15-13-8-2-1-7-12(13)14(16)9-3-5-11-6-4-10-17-11/h1-2,7-8,11H,3-6,9-10H2. The topological polar surface area (TPSA) is 26.3 Å². The van der Waals surface area contributed by atoms with E-state index in [-0.39, 0.29) is 11.3 Å². The molecule has 1 aliphatic rings. The molecule has 1 unspecified atom stereocenters. The molecule has 1 heterocycles. The fourth-order valence-electron chi connectivity index (χ4n) is 2.18. The van der Waals surface area contributed by atoms with Crippen LogP contribution in [-0.4, -0.2) is 18.5 Å². The molecule has 0 amide bonds. The molecule has 1 aromatic rings. The molecule has 1 saturated heterocycles. The minimum atomic E-state index is -0.422. The maximum absolute atomic E-state index is 13.3. The highest BCUT2D eigenvalue weighted by atomic mass is 19.1. The average molecular weight is 236 g/mol. The van der Waals surface area contributed by atoms with Gasteiger partial charge < -0.3 is 4.74 Å². The van der Waals surface area contributed by atoms with Gasteiger partial charge in [0.15, 0.2) is 5.78 Å². The van der Waals surface area contributed by atoms with E-state index in [1.165, 1.54) is 6.07 Å². The fourth-order valence-corrected chi connectivity index (χ4v) is 2.18. The number of carbonyl (C=O) groups is 1. The molecule has 0 aromatic heterocycles. The van der Waals surface area contributed by atoms with Crippen LogP contribution in [0.4, 0.5) is 4.39 Å². The van der Waals surface area contributed by atoms with Crippen LogP contribution in [0.5, 0.6) is 0 Å². The molecule has 1 atom stereocenters. The Bertz CT molecular complexity index is 384. The van der Waals surface area contributed by atoms with Crippen molar-refractivity contribution in [3.63, 3.8) is 0 Å². The number of hydrogen-bond acceptors (Lipinski definition) is 2. The van der Waals surface area contributed by atoms with Gasteiger partial charge in [0.05, 0.1) is 11.7 Å². The lowest BCUT2D eigenvalue weighted by Crippen LogP contribution is -2.07. The monoisotopic (exact) mass is 236 g/mol. The van der Waals surface area contributed by atoms with E-state index in [1.807, 2.05) is 0 Å². The first kappa shape index (κ1) is 12.2. The van der Waals surface area contributed by atoms with Crippen molar-refractivity contribution in [1.29, 1.82) is 0 Å². The SMILES string of the molecule is O=C(CCCC1CCCO1)c1ccccc1F. The van der Waals surface area contributed by atoms with Gasteiger partial charge in [0.25, 0.3) is 0 Å². The molecule has 2 rings (SSSR count). The highest BCUT2D eigenvalue weighted by Gasteiger charge is 2.16. The van der Waals surface area contributed by atoms with Crippen LogP contribution in [0.3, 0.4) is 0 Å². The van der Waals surface area contributed by atoms with E-state index < -0.39 is 5.82 Å². The molecule has 0 radical (unpaired) electrons. The van der Waals surface area contributed by atoms with Gasteiger partial charge >= 0.3 is 0 Å². The quantitative estimate of drug-likeness (QED) is 0.733. The zero-order valence-electron chi connectivity index (χ0n) is 9.82. The fraction of sp³-hybridized carbons (Fsp3) is 0.500. The second-order valence-electron chi connectivity index (χ2n) is 4.43. The molecule has 0 N–H and O–H groups in total. The predicted molar refractivity (Wildman–Crippen MR) is 63.6 cm³/mol. The number of carbonyl (C=O) groups excluding carboxylic acids is 1. The molecule has 17 heavy (non-hydrogen) atoms. The number of rotatable bonds is 5. The van der Waals surface area contributed by atoms with E-state index in [4.69, 9.17) is 4.74 Å². The lowest BCUT2D eigenvalue weighted by Gasteiger charge is -2.08. The summed E-state index contributed by atoms with van der Waals surface area (Å²) in [6, 6.07) is 6.16. The van der Waals surface area contributed by atoms with Gasteiger partial charge in [0, 0.05) is 13.0 Å². The van der Waals surface area contributed by atoms with Gasteiger partial charge in [-0.25, -0.2) is 4.39 Å². The summed E-state index contributed by atoms with van der Waals surface area (Å²) in [7, 11) is 0. The normalized spacial score (nSPS) is 19.5. The molecule has 1 fully saturated rings. The summed E-state index contributed by atoms with van der Waals surface area (Å²) in [6.45, 7) is 0.839. The van der Waals surface area contributed by atoms with Gasteiger partial charge in [-0.15, -0.1) is 0 Å². The highest BCUT2D eigenvalue weighted by Crippen LogP contribution is 2.19. The molecule has 3 heteroatoms. The zero-order chi connectivity index (χ0) is 12.1. The molecule has 1 aliphatic heterocycles. The summed E-state index contributed by atoms with van der Waals surface area (Å²) in [4.78, 5) is 11.8. The van der Waals surface area contributed by atoms with Crippen molar-refractivity contribution in [3.8, 4) is 0 Å². The first-order valence-electron chi connectivity index (χ1n) is 6.16. The van der Waals surface area contributed by atoms with Crippen molar-refractivity contribution in [3.05, 3.63) is 35.6 Å². The second kappa shape index (κ2) is 5.92. The molecule has 2 nitrogen and oxygen atoms in total. The van der Waals surface area contributed by atoms with Crippen LogP contribution in [-0.2, 0) is 4.74 Å². The Labute approximate surface area is 101 Å². The Morgan fingerprint density at radius 2 is 2.24 bits per heavy atom. The Morgan fingerprint density at radius 3 is 2.94 bits per heavy atom. The first-order chi connectivity index (χ1) is 8.27. The Morgan fingerprint density at radius 1 is 1.41 bits per heavy atom. The third kappa shape index (κ3) is 3.37. The molecular weight excluding hydrogens is 219 g/mol. The van der Waals surface area contributed by atoms with Gasteiger partial charge in [-0.1, -0.05) is 12.1 Å². The molecular formula is C14H17FO2. The van der Waals surface area contributed by atoms with Gasteiger partial charge in [-0.05, 0) is 37.8 Å². The van der Waals surface area contributed by atoms with Crippen molar-refractivity contribution in [2.75, 3.05) is 6.61 Å². The lowest BCUT2D eigenvalue weighted by molar-refractivity contribution is 0.0920. The van der Waals surface area contributed by atoms with Crippen LogP contribution in [0.2, 0.25) is 0 Å². The van der Waals surface area contributed by atoms with Gasteiger partial charge in [-0.3, -0.25) is 4.79 Å². The average Bonchev–Trinajstić information content (AvgIpc) is 2.82. The van der Waals surface area contributed by atoms with Crippen LogP contribution < -0.4 is 0 Å². The van der Waals surface area contributed by atoms with E-state index in [2.05, 4.69) is 0 Å². The third-order valence-electron chi connectivity index (χ3n) is 3.13. The summed E-state index contributed by atoms with van der Waals surface area (Å²) in [5.41, 5.74) is 0.208. The molecule has 0 aliphatic carbocycles. The summed E-state index contributed by atoms with van der Waals surface area (Å²) < 4.78 is 18.8. The number of benzene rings is 1. The summed E-state index contributed by atoms with van der Waals surface area (Å²) >= 11 is 0. The Hall–Kier alpha value is -1.22. The minimum absolute atomic E-state index is 0.110. The molecule has 0 bridgehead atoms. The van der Waals surface area contributed by atoms with Crippen LogP contribution in [0.15, 0.2) is 24.3 Å². The lowest BCUT2D eigenvalue weighted by atomic mass is 10.0. The number of ketones is 1. The van der Waals surface area contributed by atoms with Crippen molar-refractivity contribution in [2.45, 2.75) is 38.2 Å². The third-order valence-corrected chi connectivity index (χ3v) is 3.13. The molecule has 92 valence electrons. The number of Topliss-reactive ketones (excluding diaryl/α,β-unsaturated/α-hetero) is 1. The largest absolute Gasteiger partial charge is 0.378 e. The second-order valence-corrected chi connectivity index (χ2v) is 4.43. The van der Waals surface area contributed by atoms with Gasteiger partial charge in [-0.2, -0.15) is 0 Å². The van der Waals surface area contributed by atoms with Crippen molar-refractivity contribution < 1.29 is 13.9 Å². The number of ether oxygens (including phenoxy) is 1. The van der Waals surface area contributed by atoms with Crippen LogP contribution in [0.1, 0.15) is 42.5 Å². The summed E-state index contributed by atoms with van der Waals surface area (Å²) in [6.07, 6.45) is 4.60. The van der Waals surface area contributed by atoms with Gasteiger partial charge in [0.2, 0.25) is 0 Å². The molecule has 1 aromatic carbocycles. The van der Waals surface area contributed by atoms with E-state index in [1.54, 1.807) is 18.2 Å². The molecule has 0 spiro atoms. The number of halogens is 1. The van der Waals surface area contributed by atoms with Crippen molar-refractivity contribution >= 4 is 5.78 Å². The van der Waals surface area contributed by atoms with E-state index >= 15 is 0 Å². The summed E-state index contributed by atoms with van der Waals surface area (Å²) in [5, 5.41) is 0. The van der Waals surface area contributed by atoms with E-state index in [0.717, 1.165) is 32.3 Å². The van der Waals surface area contributed by atoms with Crippen molar-refractivity contribution in [1.82, 2.24) is 0 Å². The zero-order valence-corrected chi connectivity index (χ0v) is 9.82. The summed E-state index contributed by atoms with van der Waals surface area (Å²) in [5.74, 6) is -0.532. The first-order valence-corrected chi connectivity index (χ1v) is 6.16. The van der Waals surface area contributed by atoms with Gasteiger partial charge in [0.1, 0.15) is 5.82 Å². The minimum Gasteiger partial charge on any atom is -0.378 e. The Kier molecular flexibility index (Phi) is 4.26. The van der Waals surface area contributed by atoms with Crippen molar-refractivity contribution in [2.24, 2.45) is 0 Å². The smallest absolute Gasteiger partial charge is 0.165 e. The Balaban J connectivity index is 1.79.